The SMILES string of the molecule is c1cc(-c2ccc3ccccc3c2)cc(-c2cnc3ccc(-c4ccc5c6c(cccc46)-c4c-5c5ccccc5c5ccccc45)cc3c2)c1.c1ccc2c3c(ccc2c1)-c1ccc(-c2nccc(-c4ccc5ccc6cccnc6c5n4)n2)c2cccc-3c12.c1ccc2cc(-c3cc(-c4ccc5ccccc5c4)nc(-c4ccc5c6c(cccc46)-c4c-5ccc5ccccc45)n3)ccc2c1. The van der Waals surface area contributed by atoms with E-state index in [4.69, 9.17) is 29.9 Å². The fourth-order valence-corrected chi connectivity index (χ4v) is 22.2. The zero-order valence-electron chi connectivity index (χ0n) is 73.4. The summed E-state index contributed by atoms with van der Waals surface area (Å²) in [5, 5.41) is 28.5. The molecule has 0 unspecified atom stereocenters. The quantitative estimate of drug-likeness (QED) is 0.140. The molecule has 5 aromatic heterocycles. The highest BCUT2D eigenvalue weighted by Gasteiger charge is 2.31. The van der Waals surface area contributed by atoms with Crippen LogP contribution in [0.4, 0.5) is 0 Å². The number of pyridine rings is 3. The van der Waals surface area contributed by atoms with Gasteiger partial charge in [-0.15, -0.1) is 0 Å². The molecule has 136 heavy (non-hydrogen) atoms. The van der Waals surface area contributed by atoms with Crippen LogP contribution in [0.1, 0.15) is 0 Å². The molecular weight excluding hydrogens is 1650 g/mol. The van der Waals surface area contributed by atoms with Gasteiger partial charge < -0.3 is 0 Å². The second-order valence-corrected chi connectivity index (χ2v) is 36.0. The maximum atomic E-state index is 5.29. The Bertz CT molecular complexity index is 9690. The minimum Gasteiger partial charge on any atom is -0.256 e. The highest BCUT2D eigenvalue weighted by molar-refractivity contribution is 6.32. The highest BCUT2D eigenvalue weighted by Crippen LogP contribution is 2.58. The Balaban J connectivity index is 0.000000102. The topological polar surface area (TPSA) is 90.2 Å². The van der Waals surface area contributed by atoms with Gasteiger partial charge in [-0.3, -0.25) is 9.97 Å². The molecule has 626 valence electrons. The van der Waals surface area contributed by atoms with Crippen LogP contribution < -0.4 is 0 Å². The fraction of sp³-hybridized carbons (Fsp3) is 0. The molecule has 30 rings (SSSR count). The first-order valence-electron chi connectivity index (χ1n) is 46.4. The Labute approximate surface area is 782 Å². The Kier molecular flexibility index (Phi) is 17.3. The van der Waals surface area contributed by atoms with Crippen molar-refractivity contribution >= 4 is 140 Å². The molecule has 0 amide bonds. The fourth-order valence-electron chi connectivity index (χ4n) is 22.2. The molecule has 0 aliphatic heterocycles. The van der Waals surface area contributed by atoms with Crippen LogP contribution in [0, 0.1) is 0 Å². The molecule has 0 spiro atoms. The van der Waals surface area contributed by atoms with E-state index in [1.807, 2.05) is 36.8 Å². The van der Waals surface area contributed by atoms with E-state index >= 15 is 0 Å². The maximum Gasteiger partial charge on any atom is 0.161 e. The van der Waals surface area contributed by atoms with Crippen molar-refractivity contribution in [2.75, 3.05) is 0 Å². The van der Waals surface area contributed by atoms with Crippen LogP contribution in [0.25, 0.3) is 297 Å². The number of hydrogen-bond donors (Lipinski definition) is 0. The first kappa shape index (κ1) is 76.7. The summed E-state index contributed by atoms with van der Waals surface area (Å²) in [6, 6.07) is 157. The van der Waals surface area contributed by atoms with Crippen molar-refractivity contribution in [3.05, 3.63) is 455 Å². The van der Waals surface area contributed by atoms with E-state index in [0.717, 1.165) is 100 Å². The Morgan fingerprint density at radius 3 is 1.13 bits per heavy atom. The van der Waals surface area contributed by atoms with Crippen molar-refractivity contribution in [1.82, 2.24) is 34.9 Å². The number of benzene rings is 22. The third-order valence-corrected chi connectivity index (χ3v) is 28.5. The van der Waals surface area contributed by atoms with Crippen LogP contribution in [0.15, 0.2) is 455 Å². The molecule has 27 aromatic rings. The average molecular weight is 1720 g/mol. The van der Waals surface area contributed by atoms with E-state index in [2.05, 4.69) is 424 Å². The highest BCUT2D eigenvalue weighted by atomic mass is 14.9. The molecular formula is C129H75N7. The number of fused-ring (bicyclic) bond motifs is 25. The lowest BCUT2D eigenvalue weighted by Crippen LogP contribution is -1.97. The van der Waals surface area contributed by atoms with Gasteiger partial charge in [-0.1, -0.05) is 358 Å². The number of rotatable bonds is 8. The van der Waals surface area contributed by atoms with Gasteiger partial charge in [-0.2, -0.15) is 0 Å². The zero-order chi connectivity index (χ0) is 89.2. The standard InChI is InChI=1S/C49H29N.C44H26N2.C36H20N4/c1-2-10-31-25-34(20-19-30(31)9-1)32-11-7-12-33(26-32)37-28-36-27-35(21-24-46(36)50-29-37)38-22-23-45-47-41(38)17-8-18-44(47)48-42-15-5-3-13-39(42)40-14-4-6-16-43(40)49(45)48;1-3-11-30-24-32(18-16-27(30)8-1)40-26-41(33-19-17-28-9-2-4-12-31(28)25-33)46-44(45-40)38-23-22-37-36-21-20-29-10-5-6-13-34(29)42(36)39-15-7-14-35(38)43(37)39;1-2-7-24-21(5-1)12-14-26-27-15-16-28(25-8-3-9-29(32(24)26)33(25)27)36-38-20-18-31(40-36)30-17-13-23-11-10-22-6-4-19-37-34(22)35(23)39-30/h1-29H;1-26H;1-20H. The molecule has 7 heteroatoms. The Hall–Kier alpha value is -18.2. The molecule has 0 saturated heterocycles. The summed E-state index contributed by atoms with van der Waals surface area (Å²) in [6.45, 7) is 0. The Morgan fingerprint density at radius 1 is 0.147 bits per heavy atom. The minimum atomic E-state index is 0.694. The van der Waals surface area contributed by atoms with Crippen LogP contribution in [-0.4, -0.2) is 34.9 Å². The van der Waals surface area contributed by atoms with Gasteiger partial charge in [0.1, 0.15) is 0 Å². The van der Waals surface area contributed by atoms with Crippen LogP contribution in [0.2, 0.25) is 0 Å². The second kappa shape index (κ2) is 30.7. The summed E-state index contributed by atoms with van der Waals surface area (Å²) in [6.07, 6.45) is 5.65. The van der Waals surface area contributed by atoms with Gasteiger partial charge in [0.2, 0.25) is 0 Å². The van der Waals surface area contributed by atoms with E-state index in [1.54, 1.807) is 0 Å². The van der Waals surface area contributed by atoms with E-state index in [-0.39, 0.29) is 0 Å². The molecule has 0 radical (unpaired) electrons. The van der Waals surface area contributed by atoms with Crippen molar-refractivity contribution in [3.8, 4) is 157 Å². The van der Waals surface area contributed by atoms with Gasteiger partial charge >= 0.3 is 0 Å². The van der Waals surface area contributed by atoms with Crippen LogP contribution in [0.3, 0.4) is 0 Å². The summed E-state index contributed by atoms with van der Waals surface area (Å²) in [4.78, 5) is 34.9. The largest absolute Gasteiger partial charge is 0.256 e. The van der Waals surface area contributed by atoms with E-state index < -0.39 is 0 Å². The van der Waals surface area contributed by atoms with Gasteiger partial charge in [0.15, 0.2) is 11.6 Å². The van der Waals surface area contributed by atoms with Crippen molar-refractivity contribution in [1.29, 1.82) is 0 Å². The molecule has 22 aromatic carbocycles. The molecule has 0 saturated carbocycles. The maximum absolute atomic E-state index is 5.29. The summed E-state index contributed by atoms with van der Waals surface area (Å²) in [5.41, 5.74) is 33.2. The van der Waals surface area contributed by atoms with Crippen molar-refractivity contribution in [3.63, 3.8) is 0 Å². The Morgan fingerprint density at radius 2 is 0.529 bits per heavy atom. The number of nitrogens with zero attached hydrogens (tertiary/aromatic N) is 7. The molecule has 0 bridgehead atoms. The van der Waals surface area contributed by atoms with Gasteiger partial charge in [-0.05, 0) is 281 Å². The summed E-state index contributed by atoms with van der Waals surface area (Å²) >= 11 is 0. The molecule has 5 heterocycles. The predicted molar refractivity (Wildman–Crippen MR) is 568 cm³/mol. The zero-order valence-corrected chi connectivity index (χ0v) is 73.4. The second-order valence-electron chi connectivity index (χ2n) is 36.0. The lowest BCUT2D eigenvalue weighted by molar-refractivity contribution is 1.17. The smallest absolute Gasteiger partial charge is 0.161 e. The minimum absolute atomic E-state index is 0.694. The van der Waals surface area contributed by atoms with E-state index in [0.29, 0.717) is 5.82 Å². The molecule has 3 aliphatic rings. The normalized spacial score (nSPS) is 12.0. The van der Waals surface area contributed by atoms with Gasteiger partial charge in [-0.25, -0.2) is 24.9 Å². The molecule has 0 atom stereocenters. The van der Waals surface area contributed by atoms with Gasteiger partial charge in [0.05, 0.1) is 39.3 Å². The van der Waals surface area contributed by atoms with Crippen molar-refractivity contribution in [2.45, 2.75) is 0 Å². The number of hydrogen-bond acceptors (Lipinski definition) is 7. The van der Waals surface area contributed by atoms with Crippen LogP contribution >= 0.6 is 0 Å². The van der Waals surface area contributed by atoms with Crippen LogP contribution in [-0.2, 0) is 0 Å². The van der Waals surface area contributed by atoms with E-state index in [9.17, 15) is 0 Å². The van der Waals surface area contributed by atoms with Gasteiger partial charge in [0, 0.05) is 62.6 Å². The van der Waals surface area contributed by atoms with Crippen molar-refractivity contribution < 1.29 is 0 Å². The summed E-state index contributed by atoms with van der Waals surface area (Å²) in [7, 11) is 0. The van der Waals surface area contributed by atoms with Gasteiger partial charge in [0.25, 0.3) is 0 Å². The lowest BCUT2D eigenvalue weighted by Gasteiger charge is -2.13. The number of aromatic nitrogens is 7. The monoisotopic (exact) mass is 1720 g/mol. The third-order valence-electron chi connectivity index (χ3n) is 28.5. The van der Waals surface area contributed by atoms with E-state index in [1.165, 1.54) is 191 Å². The lowest BCUT2D eigenvalue weighted by atomic mass is 9.90. The predicted octanol–water partition coefficient (Wildman–Crippen LogP) is 34.1. The molecule has 3 aliphatic carbocycles. The third kappa shape index (κ3) is 12.3. The summed E-state index contributed by atoms with van der Waals surface area (Å²) < 4.78 is 0. The molecule has 7 nitrogen and oxygen atoms in total. The molecule has 0 N–H and O–H groups in total. The first-order valence-corrected chi connectivity index (χ1v) is 46.4. The molecule has 0 fully saturated rings. The first-order chi connectivity index (χ1) is 67.4. The average Bonchev–Trinajstić information content (AvgIpc) is 1.57. The summed E-state index contributed by atoms with van der Waals surface area (Å²) in [5.74, 6) is 1.43. The van der Waals surface area contributed by atoms with Crippen LogP contribution in [0.5, 0.6) is 0 Å². The van der Waals surface area contributed by atoms with Crippen molar-refractivity contribution in [2.24, 2.45) is 0 Å².